The van der Waals surface area contributed by atoms with Gasteiger partial charge in [0.1, 0.15) is 0 Å². The molecule has 1 aromatic carbocycles. The second-order valence-corrected chi connectivity index (χ2v) is 7.03. The molecule has 1 amide bonds. The predicted molar refractivity (Wildman–Crippen MR) is 93.9 cm³/mol. The number of halogens is 2. The van der Waals surface area contributed by atoms with E-state index in [0.717, 1.165) is 16.2 Å². The van der Waals surface area contributed by atoms with Gasteiger partial charge < -0.3 is 4.90 Å². The molecule has 0 bridgehead atoms. The molecule has 1 heterocycles. The summed E-state index contributed by atoms with van der Waals surface area (Å²) in [5.41, 5.74) is 2.33. The molecule has 1 aliphatic heterocycles. The lowest BCUT2D eigenvalue weighted by atomic mass is 10.2. The zero-order valence-corrected chi connectivity index (χ0v) is 15.2. The Morgan fingerprint density at radius 3 is 2.64 bits per heavy atom. The van der Waals surface area contributed by atoms with Crippen molar-refractivity contribution in [1.29, 1.82) is 0 Å². The van der Waals surface area contributed by atoms with Gasteiger partial charge in [-0.25, -0.2) is 5.01 Å². The number of aryl methyl sites for hydroxylation is 1. The van der Waals surface area contributed by atoms with E-state index in [-0.39, 0.29) is 5.91 Å². The zero-order chi connectivity index (χ0) is 16.4. The molecule has 0 fully saturated rings. The maximum absolute atomic E-state index is 12.1. The van der Waals surface area contributed by atoms with Crippen LogP contribution in [0.1, 0.15) is 5.56 Å². The Hall–Kier alpha value is -1.17. The molecule has 2 rings (SSSR count). The quantitative estimate of drug-likeness (QED) is 0.609. The van der Waals surface area contributed by atoms with E-state index in [9.17, 15) is 4.79 Å². The lowest BCUT2D eigenvalue weighted by Crippen LogP contribution is -2.19. The van der Waals surface area contributed by atoms with Crippen LogP contribution in [0.25, 0.3) is 0 Å². The van der Waals surface area contributed by atoms with E-state index in [4.69, 9.17) is 23.2 Å². The number of likely N-dealkylation sites (N-methyl/N-ethyl adjacent to an activating group) is 1. The molecule has 1 aromatic rings. The minimum Gasteiger partial charge on any atom is -0.383 e. The number of rotatable bonds is 4. The molecule has 0 atom stereocenters. The molecule has 22 heavy (non-hydrogen) atoms. The number of amides is 1. The second-order valence-electron chi connectivity index (χ2n) is 5.20. The van der Waals surface area contributed by atoms with Gasteiger partial charge in [0.05, 0.1) is 16.3 Å². The highest BCUT2D eigenvalue weighted by molar-refractivity contribution is 8.00. The smallest absolute Gasteiger partial charge is 0.277 e. The minimum atomic E-state index is -0.0947. The normalized spacial score (nSPS) is 16.5. The maximum Gasteiger partial charge on any atom is 0.277 e. The van der Waals surface area contributed by atoms with E-state index in [1.54, 1.807) is 31.1 Å². The number of hydrogen-bond donors (Lipinski definition) is 0. The number of hydrogen-bond acceptors (Lipinski definition) is 4. The zero-order valence-electron chi connectivity index (χ0n) is 12.9. The average molecular weight is 358 g/mol. The lowest BCUT2D eigenvalue weighted by Gasteiger charge is -2.09. The Kier molecular flexibility index (Phi) is 5.42. The van der Waals surface area contributed by atoms with Crippen molar-refractivity contribution in [1.82, 2.24) is 9.91 Å². The van der Waals surface area contributed by atoms with Crippen LogP contribution in [0.5, 0.6) is 0 Å². The number of nitrogens with zero attached hydrogens (tertiary/aromatic N) is 3. The van der Waals surface area contributed by atoms with Crippen LogP contribution in [-0.2, 0) is 4.79 Å². The number of hydrazone groups is 1. The predicted octanol–water partition coefficient (Wildman–Crippen LogP) is 3.67. The fraction of sp³-hybridized carbons (Fsp3) is 0.333. The first-order valence-corrected chi connectivity index (χ1v) is 8.36. The van der Waals surface area contributed by atoms with Gasteiger partial charge in [0.15, 0.2) is 0 Å². The molecule has 1 aliphatic rings. The van der Waals surface area contributed by atoms with Crippen LogP contribution in [0.4, 0.5) is 0 Å². The Morgan fingerprint density at radius 2 is 2.00 bits per heavy atom. The van der Waals surface area contributed by atoms with Gasteiger partial charge in [-0.05, 0) is 24.6 Å². The largest absolute Gasteiger partial charge is 0.383 e. The number of benzene rings is 1. The summed E-state index contributed by atoms with van der Waals surface area (Å²) in [5.74, 6) is 0.471. The molecule has 0 N–H and O–H groups in total. The van der Waals surface area contributed by atoms with Crippen LogP contribution >= 0.6 is 35.0 Å². The molecule has 0 radical (unpaired) electrons. The monoisotopic (exact) mass is 357 g/mol. The Balaban J connectivity index is 2.19. The second kappa shape index (κ2) is 6.94. The first-order chi connectivity index (χ1) is 10.3. The first kappa shape index (κ1) is 17.2. The van der Waals surface area contributed by atoms with Crippen LogP contribution in [0.3, 0.4) is 0 Å². The number of carbonyl (C=O) groups is 1. The van der Waals surface area contributed by atoms with Crippen LogP contribution in [0, 0.1) is 6.92 Å². The highest BCUT2D eigenvalue weighted by Gasteiger charge is 2.27. The molecule has 118 valence electrons. The van der Waals surface area contributed by atoms with Crippen molar-refractivity contribution >= 4 is 46.6 Å². The first-order valence-electron chi connectivity index (χ1n) is 6.62. The van der Waals surface area contributed by atoms with Crippen LogP contribution < -0.4 is 0 Å². The molecule has 0 spiro atoms. The summed E-state index contributed by atoms with van der Waals surface area (Å²) >= 11 is 13.8. The van der Waals surface area contributed by atoms with Crippen molar-refractivity contribution in [3.63, 3.8) is 0 Å². The SMILES string of the molecule is Cc1cc(SCC2=NN(C)C(=O)C2=CN(C)C)c(Cl)cc1Cl. The van der Waals surface area contributed by atoms with E-state index in [2.05, 4.69) is 5.10 Å². The van der Waals surface area contributed by atoms with Crippen molar-refractivity contribution in [3.05, 3.63) is 39.5 Å². The Labute approximate surface area is 144 Å². The van der Waals surface area contributed by atoms with Crippen LogP contribution in [0.15, 0.2) is 33.9 Å². The summed E-state index contributed by atoms with van der Waals surface area (Å²) < 4.78 is 0. The van der Waals surface area contributed by atoms with Gasteiger partial charge in [-0.3, -0.25) is 4.79 Å². The summed E-state index contributed by atoms with van der Waals surface area (Å²) in [5, 5.41) is 6.92. The third-order valence-electron chi connectivity index (χ3n) is 3.07. The minimum absolute atomic E-state index is 0.0947. The molecule has 7 heteroatoms. The van der Waals surface area contributed by atoms with Crippen molar-refractivity contribution < 1.29 is 4.79 Å². The Morgan fingerprint density at radius 1 is 1.32 bits per heavy atom. The Bertz CT molecular complexity index is 671. The number of carbonyl (C=O) groups excluding carboxylic acids is 1. The van der Waals surface area contributed by atoms with Crippen LogP contribution in [-0.4, -0.2) is 48.4 Å². The highest BCUT2D eigenvalue weighted by atomic mass is 35.5. The maximum atomic E-state index is 12.1. The molecule has 0 saturated heterocycles. The van der Waals surface area contributed by atoms with E-state index >= 15 is 0 Å². The molecule has 0 aromatic heterocycles. The molecule has 4 nitrogen and oxygen atoms in total. The molecular weight excluding hydrogens is 341 g/mol. The van der Waals surface area contributed by atoms with E-state index < -0.39 is 0 Å². The topological polar surface area (TPSA) is 35.9 Å². The molecule has 0 unspecified atom stereocenters. The molecule has 0 saturated carbocycles. The fourth-order valence-electron chi connectivity index (χ4n) is 1.96. The van der Waals surface area contributed by atoms with Gasteiger partial charge >= 0.3 is 0 Å². The van der Waals surface area contributed by atoms with Crippen molar-refractivity contribution in [2.75, 3.05) is 26.9 Å². The summed E-state index contributed by atoms with van der Waals surface area (Å²) in [6.07, 6.45) is 1.79. The third-order valence-corrected chi connectivity index (χ3v) is 4.97. The van der Waals surface area contributed by atoms with Gasteiger partial charge in [0, 0.05) is 43.0 Å². The van der Waals surface area contributed by atoms with Gasteiger partial charge in [0.25, 0.3) is 5.91 Å². The van der Waals surface area contributed by atoms with Gasteiger partial charge in [-0.15, -0.1) is 11.8 Å². The van der Waals surface area contributed by atoms with Gasteiger partial charge in [-0.1, -0.05) is 23.2 Å². The van der Waals surface area contributed by atoms with E-state index in [0.29, 0.717) is 21.4 Å². The summed E-state index contributed by atoms with van der Waals surface area (Å²) in [7, 11) is 5.41. The third kappa shape index (κ3) is 3.77. The summed E-state index contributed by atoms with van der Waals surface area (Å²) in [6, 6.07) is 3.69. The number of thioether (sulfide) groups is 1. The molecule has 0 aliphatic carbocycles. The summed E-state index contributed by atoms with van der Waals surface area (Å²) in [6.45, 7) is 1.94. The van der Waals surface area contributed by atoms with Crippen molar-refractivity contribution in [2.24, 2.45) is 5.10 Å². The van der Waals surface area contributed by atoms with E-state index in [1.807, 2.05) is 32.0 Å². The van der Waals surface area contributed by atoms with Gasteiger partial charge in [0.2, 0.25) is 0 Å². The highest BCUT2D eigenvalue weighted by Crippen LogP contribution is 2.33. The average Bonchev–Trinajstić information content (AvgIpc) is 2.69. The fourth-order valence-corrected chi connectivity index (χ4v) is 3.47. The van der Waals surface area contributed by atoms with Crippen molar-refractivity contribution in [3.8, 4) is 0 Å². The van der Waals surface area contributed by atoms with Gasteiger partial charge in [-0.2, -0.15) is 5.10 Å². The molecular formula is C15H17Cl2N3OS. The van der Waals surface area contributed by atoms with E-state index in [1.165, 1.54) is 5.01 Å². The standard InChI is InChI=1S/C15H17Cl2N3OS/c1-9-5-14(12(17)6-11(9)16)22-8-13-10(7-19(2)3)15(21)20(4)18-13/h5-7H,8H2,1-4H3. The lowest BCUT2D eigenvalue weighted by molar-refractivity contribution is -0.124. The van der Waals surface area contributed by atoms with Crippen molar-refractivity contribution in [2.45, 2.75) is 11.8 Å². The summed E-state index contributed by atoms with van der Waals surface area (Å²) in [4.78, 5) is 14.9. The van der Waals surface area contributed by atoms with Crippen LogP contribution in [0.2, 0.25) is 10.0 Å².